The van der Waals surface area contributed by atoms with Gasteiger partial charge in [-0.25, -0.2) is 0 Å². The molecule has 1 aromatic rings. The Morgan fingerprint density at radius 3 is 2.52 bits per heavy atom. The lowest BCUT2D eigenvalue weighted by Gasteiger charge is -2.38. The molecule has 2 aliphatic rings. The van der Waals surface area contributed by atoms with Gasteiger partial charge in [0.05, 0.1) is 22.9 Å². The van der Waals surface area contributed by atoms with Crippen LogP contribution in [0.25, 0.3) is 0 Å². The van der Waals surface area contributed by atoms with Crippen molar-refractivity contribution in [1.29, 1.82) is 5.26 Å². The molecule has 0 unspecified atom stereocenters. The Bertz CT molecular complexity index is 623. The monoisotopic (exact) mass is 341 g/mol. The highest BCUT2D eigenvalue weighted by Crippen LogP contribution is 2.42. The molecule has 4 nitrogen and oxygen atoms in total. The van der Waals surface area contributed by atoms with Crippen molar-refractivity contribution >= 4 is 11.4 Å². The molecule has 1 aliphatic carbocycles. The third kappa shape index (κ3) is 3.77. The minimum absolute atomic E-state index is 0.325. The number of benzene rings is 1. The van der Waals surface area contributed by atoms with E-state index in [0.717, 1.165) is 75.2 Å². The lowest BCUT2D eigenvalue weighted by Crippen LogP contribution is -2.42. The maximum Gasteiger partial charge on any atom is 0.0823 e. The Kier molecular flexibility index (Phi) is 5.54. The molecule has 0 bridgehead atoms. The lowest BCUT2D eigenvalue weighted by molar-refractivity contribution is 0.0839. The van der Waals surface area contributed by atoms with Crippen molar-refractivity contribution in [3.8, 4) is 6.07 Å². The van der Waals surface area contributed by atoms with Gasteiger partial charge in [0.2, 0.25) is 0 Å². The molecule has 136 valence electrons. The fourth-order valence-electron chi connectivity index (χ4n) is 4.39. The predicted octanol–water partition coefficient (Wildman–Crippen LogP) is 4.25. The maximum absolute atomic E-state index is 9.75. The molecule has 2 fully saturated rings. The molecule has 1 saturated heterocycles. The number of anilines is 2. The van der Waals surface area contributed by atoms with Crippen molar-refractivity contribution in [2.75, 3.05) is 30.4 Å². The molecular formula is C21H31N3O. The van der Waals surface area contributed by atoms with Gasteiger partial charge < -0.3 is 15.4 Å². The topological polar surface area (TPSA) is 62.3 Å². The van der Waals surface area contributed by atoms with Gasteiger partial charge in [-0.2, -0.15) is 5.26 Å². The highest BCUT2D eigenvalue weighted by atomic mass is 16.5. The van der Waals surface area contributed by atoms with E-state index in [1.807, 2.05) is 0 Å². The Balaban J connectivity index is 1.90. The molecule has 0 spiro atoms. The largest absolute Gasteiger partial charge is 0.397 e. The first-order valence-electron chi connectivity index (χ1n) is 9.71. The Labute approximate surface area is 151 Å². The lowest BCUT2D eigenvalue weighted by atomic mass is 9.80. The minimum Gasteiger partial charge on any atom is -0.397 e. The maximum atomic E-state index is 9.75. The van der Waals surface area contributed by atoms with Crippen molar-refractivity contribution in [2.45, 2.75) is 63.8 Å². The molecule has 3 rings (SSSR count). The van der Waals surface area contributed by atoms with E-state index in [-0.39, 0.29) is 5.41 Å². The van der Waals surface area contributed by atoms with E-state index in [2.05, 4.69) is 43.0 Å². The average molecular weight is 341 g/mol. The molecule has 1 aromatic carbocycles. The molecule has 0 aromatic heterocycles. The zero-order valence-corrected chi connectivity index (χ0v) is 15.6. The van der Waals surface area contributed by atoms with Crippen LogP contribution in [0.1, 0.15) is 57.9 Å². The SMILES string of the molecule is CC(C)CN(c1ccc(C2(C#N)CCCC2)cc1N)C1CCOCC1. The summed E-state index contributed by atoms with van der Waals surface area (Å²) in [7, 11) is 0. The highest BCUT2D eigenvalue weighted by molar-refractivity contribution is 5.70. The van der Waals surface area contributed by atoms with Crippen LogP contribution in [0.5, 0.6) is 0 Å². The van der Waals surface area contributed by atoms with E-state index in [4.69, 9.17) is 10.5 Å². The van der Waals surface area contributed by atoms with Crippen molar-refractivity contribution in [3.63, 3.8) is 0 Å². The molecule has 1 saturated carbocycles. The number of hydrogen-bond donors (Lipinski definition) is 1. The smallest absolute Gasteiger partial charge is 0.0823 e. The summed E-state index contributed by atoms with van der Waals surface area (Å²) in [4.78, 5) is 2.47. The van der Waals surface area contributed by atoms with E-state index in [0.29, 0.717) is 12.0 Å². The van der Waals surface area contributed by atoms with Crippen LogP contribution in [-0.2, 0) is 10.2 Å². The zero-order valence-electron chi connectivity index (χ0n) is 15.6. The number of rotatable bonds is 5. The van der Waals surface area contributed by atoms with Gasteiger partial charge in [0.1, 0.15) is 0 Å². The molecule has 2 N–H and O–H groups in total. The van der Waals surface area contributed by atoms with E-state index < -0.39 is 0 Å². The van der Waals surface area contributed by atoms with E-state index >= 15 is 0 Å². The van der Waals surface area contributed by atoms with Crippen LogP contribution in [0.15, 0.2) is 18.2 Å². The zero-order chi connectivity index (χ0) is 17.9. The summed E-state index contributed by atoms with van der Waals surface area (Å²) in [6.07, 6.45) is 6.29. The number of nitrogens with two attached hydrogens (primary N) is 1. The second-order valence-electron chi connectivity index (χ2n) is 8.06. The first kappa shape index (κ1) is 18.1. The second-order valence-corrected chi connectivity index (χ2v) is 8.06. The van der Waals surface area contributed by atoms with Gasteiger partial charge in [0.15, 0.2) is 0 Å². The number of hydrogen-bond acceptors (Lipinski definition) is 4. The summed E-state index contributed by atoms with van der Waals surface area (Å²) in [6.45, 7) is 7.15. The van der Waals surface area contributed by atoms with E-state index in [1.165, 1.54) is 0 Å². The third-order valence-electron chi connectivity index (χ3n) is 5.75. The number of nitrogens with zero attached hydrogens (tertiary/aromatic N) is 2. The van der Waals surface area contributed by atoms with Crippen LogP contribution in [0.3, 0.4) is 0 Å². The van der Waals surface area contributed by atoms with Crippen LogP contribution in [0, 0.1) is 17.2 Å². The average Bonchev–Trinajstić information content (AvgIpc) is 3.11. The fraction of sp³-hybridized carbons (Fsp3) is 0.667. The summed E-state index contributed by atoms with van der Waals surface area (Å²) in [6, 6.07) is 9.43. The fourth-order valence-corrected chi connectivity index (χ4v) is 4.39. The Morgan fingerprint density at radius 2 is 1.96 bits per heavy atom. The Morgan fingerprint density at radius 1 is 1.28 bits per heavy atom. The van der Waals surface area contributed by atoms with Crippen molar-refractivity contribution in [2.24, 2.45) is 5.92 Å². The van der Waals surface area contributed by atoms with Crippen molar-refractivity contribution < 1.29 is 4.74 Å². The van der Waals surface area contributed by atoms with E-state index in [1.54, 1.807) is 0 Å². The van der Waals surface area contributed by atoms with Crippen molar-refractivity contribution in [3.05, 3.63) is 23.8 Å². The summed E-state index contributed by atoms with van der Waals surface area (Å²) < 4.78 is 5.54. The van der Waals surface area contributed by atoms with Gasteiger partial charge in [0, 0.05) is 25.8 Å². The summed E-state index contributed by atoms with van der Waals surface area (Å²) >= 11 is 0. The van der Waals surface area contributed by atoms with E-state index in [9.17, 15) is 5.26 Å². The summed E-state index contributed by atoms with van der Waals surface area (Å²) in [5.41, 5.74) is 9.21. The molecule has 0 radical (unpaired) electrons. The quantitative estimate of drug-likeness (QED) is 0.814. The normalized spacial score (nSPS) is 20.6. The molecule has 0 amide bonds. The first-order valence-corrected chi connectivity index (χ1v) is 9.71. The molecule has 25 heavy (non-hydrogen) atoms. The molecule has 0 atom stereocenters. The van der Waals surface area contributed by atoms with Gasteiger partial charge in [-0.15, -0.1) is 0 Å². The van der Waals surface area contributed by atoms with Gasteiger partial charge in [-0.3, -0.25) is 0 Å². The number of nitriles is 1. The van der Waals surface area contributed by atoms with Gasteiger partial charge in [-0.05, 0) is 49.3 Å². The molecular weight excluding hydrogens is 310 g/mol. The molecule has 1 heterocycles. The number of nitrogen functional groups attached to an aromatic ring is 1. The van der Waals surface area contributed by atoms with Crippen LogP contribution in [-0.4, -0.2) is 25.8 Å². The highest BCUT2D eigenvalue weighted by Gasteiger charge is 2.36. The Hall–Kier alpha value is -1.73. The van der Waals surface area contributed by atoms with Crippen LogP contribution >= 0.6 is 0 Å². The molecule has 4 heteroatoms. The minimum atomic E-state index is -0.325. The van der Waals surface area contributed by atoms with Crippen LogP contribution in [0.2, 0.25) is 0 Å². The van der Waals surface area contributed by atoms with Crippen LogP contribution in [0.4, 0.5) is 11.4 Å². The number of ether oxygens (including phenoxy) is 1. The predicted molar refractivity (Wildman–Crippen MR) is 103 cm³/mol. The van der Waals surface area contributed by atoms with Gasteiger partial charge in [0.25, 0.3) is 0 Å². The standard InChI is InChI=1S/C21H31N3O/c1-16(2)14-24(18-7-11-25-12-8-18)20-6-5-17(13-19(20)23)21(15-22)9-3-4-10-21/h5-6,13,16,18H,3-4,7-12,14,23H2,1-2H3. The summed E-state index contributed by atoms with van der Waals surface area (Å²) in [5, 5.41) is 9.75. The molecule has 1 aliphatic heterocycles. The first-order chi connectivity index (χ1) is 12.1. The second kappa shape index (κ2) is 7.66. The van der Waals surface area contributed by atoms with Gasteiger partial charge in [-0.1, -0.05) is 32.8 Å². The van der Waals surface area contributed by atoms with Crippen LogP contribution < -0.4 is 10.6 Å². The third-order valence-corrected chi connectivity index (χ3v) is 5.75. The van der Waals surface area contributed by atoms with Gasteiger partial charge >= 0.3 is 0 Å². The summed E-state index contributed by atoms with van der Waals surface area (Å²) in [5.74, 6) is 0.571. The van der Waals surface area contributed by atoms with Crippen molar-refractivity contribution in [1.82, 2.24) is 0 Å².